The van der Waals surface area contributed by atoms with Gasteiger partial charge in [0, 0.05) is 18.6 Å². The predicted octanol–water partition coefficient (Wildman–Crippen LogP) is 1.75. The first kappa shape index (κ1) is 14.0. The van der Waals surface area contributed by atoms with E-state index in [1.165, 1.54) is 5.56 Å². The fourth-order valence-electron chi connectivity index (χ4n) is 2.41. The Bertz CT molecular complexity index is 421. The molecule has 19 heavy (non-hydrogen) atoms. The fourth-order valence-corrected chi connectivity index (χ4v) is 2.41. The monoisotopic (exact) mass is 263 g/mol. The minimum atomic E-state index is -0.634. The van der Waals surface area contributed by atoms with Crippen molar-refractivity contribution in [3.8, 4) is 0 Å². The van der Waals surface area contributed by atoms with Crippen molar-refractivity contribution in [3.63, 3.8) is 0 Å². The Morgan fingerprint density at radius 3 is 2.79 bits per heavy atom. The van der Waals surface area contributed by atoms with Crippen LogP contribution in [0.25, 0.3) is 0 Å². The van der Waals surface area contributed by atoms with Crippen LogP contribution in [0.1, 0.15) is 31.9 Å². The summed E-state index contributed by atoms with van der Waals surface area (Å²) in [6, 6.07) is 10.5. The smallest absolute Gasteiger partial charge is 0.308 e. The third-order valence-electron chi connectivity index (χ3n) is 3.60. The molecular weight excluding hydrogens is 242 g/mol. The lowest BCUT2D eigenvalue weighted by atomic mass is 10.1. The summed E-state index contributed by atoms with van der Waals surface area (Å²) in [4.78, 5) is 13.5. The molecule has 4 heteroatoms. The Balaban J connectivity index is 1.85. The second-order valence-electron chi connectivity index (χ2n) is 4.93. The highest BCUT2D eigenvalue weighted by Gasteiger charge is 2.43. The maximum Gasteiger partial charge on any atom is 0.308 e. The lowest BCUT2D eigenvalue weighted by Gasteiger charge is -2.16. The van der Waals surface area contributed by atoms with E-state index in [4.69, 9.17) is 4.74 Å². The van der Waals surface area contributed by atoms with Crippen LogP contribution in [0.4, 0.5) is 0 Å². The molecule has 1 aliphatic heterocycles. The van der Waals surface area contributed by atoms with E-state index in [0.29, 0.717) is 6.61 Å². The van der Waals surface area contributed by atoms with Gasteiger partial charge in [-0.15, -0.1) is 0 Å². The average Bonchev–Trinajstić information content (AvgIpc) is 3.19. The third-order valence-corrected chi connectivity index (χ3v) is 3.60. The van der Waals surface area contributed by atoms with Crippen molar-refractivity contribution in [1.29, 1.82) is 0 Å². The number of hydrogen-bond donors (Lipinski definition) is 1. The number of hydrogen-bond acceptors (Lipinski definition) is 4. The zero-order valence-electron chi connectivity index (χ0n) is 11.5. The van der Waals surface area contributed by atoms with Crippen molar-refractivity contribution in [3.05, 3.63) is 35.9 Å². The second-order valence-corrected chi connectivity index (χ2v) is 4.93. The van der Waals surface area contributed by atoms with Gasteiger partial charge in [-0.1, -0.05) is 30.3 Å². The van der Waals surface area contributed by atoms with Gasteiger partial charge >= 0.3 is 5.97 Å². The summed E-state index contributed by atoms with van der Waals surface area (Å²) >= 11 is 0. The topological polar surface area (TPSA) is 49.5 Å². The van der Waals surface area contributed by atoms with Crippen molar-refractivity contribution < 1.29 is 14.6 Å². The Kier molecular flexibility index (Phi) is 4.56. The van der Waals surface area contributed by atoms with Gasteiger partial charge < -0.3 is 9.84 Å². The predicted molar refractivity (Wildman–Crippen MR) is 72.6 cm³/mol. The molecule has 1 unspecified atom stereocenters. The fraction of sp³-hybridized carbons (Fsp3) is 0.533. The maximum atomic E-state index is 11.3. The summed E-state index contributed by atoms with van der Waals surface area (Å²) in [5.74, 6) is -0.325. The summed E-state index contributed by atoms with van der Waals surface area (Å²) in [6.07, 6.45) is -0.554. The van der Waals surface area contributed by atoms with Crippen molar-refractivity contribution >= 4 is 5.97 Å². The van der Waals surface area contributed by atoms with Crippen molar-refractivity contribution in [2.75, 3.05) is 13.2 Å². The number of carbonyl (C=O) groups excluding carboxylic acids is 1. The minimum Gasteiger partial charge on any atom is -0.466 e. The first-order valence-corrected chi connectivity index (χ1v) is 6.77. The minimum absolute atomic E-state index is 0.0691. The number of aliphatic hydroxyl groups is 1. The summed E-state index contributed by atoms with van der Waals surface area (Å²) in [5.41, 5.74) is 1.23. The van der Waals surface area contributed by atoms with Crippen LogP contribution in [0.15, 0.2) is 30.3 Å². The number of ether oxygens (including phenoxy) is 1. The Morgan fingerprint density at radius 1 is 1.47 bits per heavy atom. The van der Waals surface area contributed by atoms with E-state index in [1.54, 1.807) is 6.92 Å². The molecule has 1 saturated heterocycles. The molecule has 0 bridgehead atoms. The van der Waals surface area contributed by atoms with Gasteiger partial charge in [0.15, 0.2) is 0 Å². The molecule has 104 valence electrons. The van der Waals surface area contributed by atoms with Crippen LogP contribution in [-0.2, 0) is 9.53 Å². The van der Waals surface area contributed by atoms with E-state index in [9.17, 15) is 9.90 Å². The van der Waals surface area contributed by atoms with E-state index >= 15 is 0 Å². The van der Waals surface area contributed by atoms with Gasteiger partial charge in [-0.05, 0) is 19.4 Å². The molecule has 1 aromatic rings. The van der Waals surface area contributed by atoms with E-state index < -0.39 is 6.10 Å². The van der Waals surface area contributed by atoms with Gasteiger partial charge in [-0.2, -0.15) is 0 Å². The van der Waals surface area contributed by atoms with E-state index in [0.717, 1.165) is 6.54 Å². The van der Waals surface area contributed by atoms with Gasteiger partial charge in [0.25, 0.3) is 0 Å². The Labute approximate surface area is 114 Å². The number of esters is 1. The molecule has 0 amide bonds. The Morgan fingerprint density at radius 2 is 2.16 bits per heavy atom. The normalized spacial score (nSPS) is 24.6. The van der Waals surface area contributed by atoms with Crippen LogP contribution < -0.4 is 0 Å². The highest BCUT2D eigenvalue weighted by Crippen LogP contribution is 2.34. The lowest BCUT2D eigenvalue weighted by molar-refractivity contribution is -0.145. The Hall–Kier alpha value is -1.39. The molecule has 0 aliphatic carbocycles. The van der Waals surface area contributed by atoms with Gasteiger partial charge in [0.2, 0.25) is 0 Å². The van der Waals surface area contributed by atoms with Crippen LogP contribution in [0.5, 0.6) is 0 Å². The first-order chi connectivity index (χ1) is 9.13. The molecule has 1 aliphatic rings. The largest absolute Gasteiger partial charge is 0.466 e. The second kappa shape index (κ2) is 6.17. The molecule has 0 saturated carbocycles. The molecular formula is C15H21NO3. The molecule has 1 aromatic carbocycles. The summed E-state index contributed by atoms with van der Waals surface area (Å²) < 4.78 is 4.85. The van der Waals surface area contributed by atoms with Crippen molar-refractivity contribution in [2.45, 2.75) is 38.5 Å². The van der Waals surface area contributed by atoms with Gasteiger partial charge in [0.1, 0.15) is 0 Å². The summed E-state index contributed by atoms with van der Waals surface area (Å²) in [5, 5.41) is 10.0. The summed E-state index contributed by atoms with van der Waals surface area (Å²) in [7, 11) is 0. The third kappa shape index (κ3) is 3.55. The molecule has 0 spiro atoms. The molecule has 1 fully saturated rings. The maximum absolute atomic E-state index is 11.3. The van der Waals surface area contributed by atoms with Crippen LogP contribution in [0.2, 0.25) is 0 Å². The number of rotatable bonds is 6. The molecule has 0 radical (unpaired) electrons. The zero-order valence-corrected chi connectivity index (χ0v) is 11.5. The number of aliphatic hydroxyl groups excluding tert-OH is 1. The first-order valence-electron chi connectivity index (χ1n) is 6.77. The highest BCUT2D eigenvalue weighted by atomic mass is 16.5. The molecule has 1 N–H and O–H groups in total. The standard InChI is InChI=1S/C15H21NO3/c1-3-19-15(18)9-14(17)13-10-16(13)11(2)12-7-5-4-6-8-12/h4-8,11,13-14,17H,3,9-10H2,1-2H3/t11-,13+,14-,16?/m0/s1. The molecule has 4 nitrogen and oxygen atoms in total. The lowest BCUT2D eigenvalue weighted by Crippen LogP contribution is -2.24. The van der Waals surface area contributed by atoms with E-state index in [-0.39, 0.29) is 24.5 Å². The van der Waals surface area contributed by atoms with E-state index in [1.807, 2.05) is 18.2 Å². The number of benzene rings is 1. The van der Waals surface area contributed by atoms with Gasteiger partial charge in [-0.3, -0.25) is 9.69 Å². The number of carbonyl (C=O) groups is 1. The highest BCUT2D eigenvalue weighted by molar-refractivity contribution is 5.70. The van der Waals surface area contributed by atoms with Gasteiger partial charge in [0.05, 0.1) is 19.1 Å². The molecule has 0 aromatic heterocycles. The molecule has 1 heterocycles. The van der Waals surface area contributed by atoms with Crippen LogP contribution in [0, 0.1) is 0 Å². The number of nitrogens with zero attached hydrogens (tertiary/aromatic N) is 1. The SMILES string of the molecule is CCOC(=O)C[C@H](O)[C@H]1CN1[C@@H](C)c1ccccc1. The molecule has 2 rings (SSSR count). The van der Waals surface area contributed by atoms with Crippen LogP contribution in [-0.4, -0.2) is 41.3 Å². The quantitative estimate of drug-likeness (QED) is 0.627. The zero-order chi connectivity index (χ0) is 13.8. The van der Waals surface area contributed by atoms with Gasteiger partial charge in [-0.25, -0.2) is 0 Å². The van der Waals surface area contributed by atoms with E-state index in [2.05, 4.69) is 24.0 Å². The van der Waals surface area contributed by atoms with Crippen molar-refractivity contribution in [2.24, 2.45) is 0 Å². The van der Waals surface area contributed by atoms with Crippen LogP contribution in [0.3, 0.4) is 0 Å². The average molecular weight is 263 g/mol. The van der Waals surface area contributed by atoms with Crippen molar-refractivity contribution in [1.82, 2.24) is 4.90 Å². The summed E-state index contributed by atoms with van der Waals surface area (Å²) in [6.45, 7) is 5.08. The molecule has 4 atom stereocenters. The van der Waals surface area contributed by atoms with Crippen LogP contribution >= 0.6 is 0 Å².